The second-order valence-corrected chi connectivity index (χ2v) is 6.29. The summed E-state index contributed by atoms with van der Waals surface area (Å²) in [6, 6.07) is 7.23. The van der Waals surface area contributed by atoms with Gasteiger partial charge in [-0.1, -0.05) is 12.1 Å². The lowest BCUT2D eigenvalue weighted by Crippen LogP contribution is -2.47. The molecule has 3 nitrogen and oxygen atoms in total. The number of nitrogens with zero attached hydrogens (tertiary/aromatic N) is 2. The largest absolute Gasteiger partial charge is 0.338 e. The summed E-state index contributed by atoms with van der Waals surface area (Å²) in [5.41, 5.74) is 0.769. The van der Waals surface area contributed by atoms with Crippen molar-refractivity contribution in [2.24, 2.45) is 0 Å². The van der Waals surface area contributed by atoms with Crippen LogP contribution in [-0.2, 0) is 11.2 Å². The lowest BCUT2D eigenvalue weighted by molar-refractivity contribution is -0.132. The topological polar surface area (TPSA) is 23.6 Å². The molecule has 0 bridgehead atoms. The van der Waals surface area contributed by atoms with Gasteiger partial charge in [0.25, 0.3) is 0 Å². The van der Waals surface area contributed by atoms with E-state index in [1.54, 1.807) is 6.07 Å². The van der Waals surface area contributed by atoms with Crippen molar-refractivity contribution in [3.05, 3.63) is 35.6 Å². The average Bonchev–Trinajstić information content (AvgIpc) is 3.06. The Balaban J connectivity index is 1.68. The van der Waals surface area contributed by atoms with Crippen LogP contribution in [0.5, 0.6) is 0 Å². The van der Waals surface area contributed by atoms with Crippen molar-refractivity contribution in [2.45, 2.75) is 44.2 Å². The van der Waals surface area contributed by atoms with Gasteiger partial charge in [-0.05, 0) is 57.0 Å². The number of amides is 1. The van der Waals surface area contributed by atoms with Crippen molar-refractivity contribution in [1.29, 1.82) is 0 Å². The van der Waals surface area contributed by atoms with E-state index in [9.17, 15) is 9.18 Å². The molecule has 1 aromatic rings. The Kier molecular flexibility index (Phi) is 4.24. The second-order valence-electron chi connectivity index (χ2n) is 6.29. The number of rotatable bonds is 3. The zero-order valence-electron chi connectivity index (χ0n) is 12.6. The summed E-state index contributed by atoms with van der Waals surface area (Å²) in [4.78, 5) is 17.0. The molecule has 2 aliphatic rings. The van der Waals surface area contributed by atoms with Crippen LogP contribution in [0.25, 0.3) is 0 Å². The fraction of sp³-hybridized carbons (Fsp3) is 0.588. The molecule has 0 aromatic heterocycles. The molecular formula is C17H23FN2O. The van der Waals surface area contributed by atoms with E-state index in [-0.39, 0.29) is 11.7 Å². The zero-order chi connectivity index (χ0) is 14.8. The van der Waals surface area contributed by atoms with Crippen LogP contribution in [0.3, 0.4) is 0 Å². The lowest BCUT2D eigenvalue weighted by atomic mass is 10.0. The van der Waals surface area contributed by atoms with Gasteiger partial charge in [0.05, 0.1) is 6.42 Å². The van der Waals surface area contributed by atoms with Gasteiger partial charge in [-0.2, -0.15) is 0 Å². The average molecular weight is 290 g/mol. The van der Waals surface area contributed by atoms with E-state index in [0.29, 0.717) is 18.5 Å². The highest BCUT2D eigenvalue weighted by Crippen LogP contribution is 2.29. The smallest absolute Gasteiger partial charge is 0.227 e. The highest BCUT2D eigenvalue weighted by atomic mass is 19.1. The standard InChI is InChI=1S/C17H23FN2O/c1-19-9-3-7-15(19)16-8-4-10-20(16)17(21)12-13-5-2-6-14(18)11-13/h2,5-6,11,15-16H,3-4,7-10,12H2,1H3/t15-,16-/m0/s1. The number of carbonyl (C=O) groups excluding carboxylic acids is 1. The van der Waals surface area contributed by atoms with Gasteiger partial charge in [0, 0.05) is 18.6 Å². The molecular weight excluding hydrogens is 267 g/mol. The third-order valence-electron chi connectivity index (χ3n) is 4.88. The van der Waals surface area contributed by atoms with Crippen LogP contribution in [0.4, 0.5) is 4.39 Å². The van der Waals surface area contributed by atoms with Gasteiger partial charge < -0.3 is 9.80 Å². The van der Waals surface area contributed by atoms with Crippen molar-refractivity contribution in [2.75, 3.05) is 20.1 Å². The van der Waals surface area contributed by atoms with E-state index in [4.69, 9.17) is 0 Å². The van der Waals surface area contributed by atoms with Crippen LogP contribution >= 0.6 is 0 Å². The summed E-state index contributed by atoms with van der Waals surface area (Å²) in [5.74, 6) is -0.128. The van der Waals surface area contributed by atoms with Crippen LogP contribution < -0.4 is 0 Å². The Morgan fingerprint density at radius 3 is 2.71 bits per heavy atom. The molecule has 0 spiro atoms. The van der Waals surface area contributed by atoms with Crippen LogP contribution in [-0.4, -0.2) is 47.9 Å². The van der Waals surface area contributed by atoms with Crippen molar-refractivity contribution in [3.8, 4) is 0 Å². The Labute approximate surface area is 125 Å². The molecule has 0 aliphatic carbocycles. The first-order valence-corrected chi connectivity index (χ1v) is 7.89. The third-order valence-corrected chi connectivity index (χ3v) is 4.88. The molecule has 0 N–H and O–H groups in total. The van der Waals surface area contributed by atoms with Crippen molar-refractivity contribution < 1.29 is 9.18 Å². The minimum atomic E-state index is -0.270. The fourth-order valence-electron chi connectivity index (χ4n) is 3.85. The Morgan fingerprint density at radius 1 is 1.24 bits per heavy atom. The van der Waals surface area contributed by atoms with E-state index < -0.39 is 0 Å². The van der Waals surface area contributed by atoms with Crippen LogP contribution in [0.1, 0.15) is 31.2 Å². The van der Waals surface area contributed by atoms with Gasteiger partial charge in [0.1, 0.15) is 5.82 Å². The zero-order valence-corrected chi connectivity index (χ0v) is 12.6. The first kappa shape index (κ1) is 14.5. The maximum Gasteiger partial charge on any atom is 0.227 e. The molecule has 3 rings (SSSR count). The molecule has 2 atom stereocenters. The van der Waals surface area contributed by atoms with Crippen LogP contribution in [0, 0.1) is 5.82 Å². The highest BCUT2D eigenvalue weighted by molar-refractivity contribution is 5.79. The molecule has 114 valence electrons. The summed E-state index contributed by atoms with van der Waals surface area (Å²) in [7, 11) is 2.16. The van der Waals surface area contributed by atoms with Crippen molar-refractivity contribution >= 4 is 5.91 Å². The van der Waals surface area contributed by atoms with Crippen molar-refractivity contribution in [3.63, 3.8) is 0 Å². The number of carbonyl (C=O) groups is 1. The third kappa shape index (κ3) is 3.10. The minimum Gasteiger partial charge on any atom is -0.338 e. The summed E-state index contributed by atoms with van der Waals surface area (Å²) in [6.07, 6.45) is 4.91. The van der Waals surface area contributed by atoms with E-state index in [1.165, 1.54) is 25.0 Å². The lowest BCUT2D eigenvalue weighted by Gasteiger charge is -2.33. The van der Waals surface area contributed by atoms with Crippen LogP contribution in [0.15, 0.2) is 24.3 Å². The first-order chi connectivity index (χ1) is 10.1. The summed E-state index contributed by atoms with van der Waals surface area (Å²) < 4.78 is 13.2. The number of benzene rings is 1. The highest BCUT2D eigenvalue weighted by Gasteiger charge is 2.38. The number of hydrogen-bond acceptors (Lipinski definition) is 2. The van der Waals surface area contributed by atoms with Gasteiger partial charge in [-0.25, -0.2) is 4.39 Å². The van der Waals surface area contributed by atoms with Crippen LogP contribution in [0.2, 0.25) is 0 Å². The van der Waals surface area contributed by atoms with E-state index in [1.807, 2.05) is 11.0 Å². The molecule has 0 saturated carbocycles. The monoisotopic (exact) mass is 290 g/mol. The molecule has 2 heterocycles. The molecule has 2 fully saturated rings. The normalized spacial score (nSPS) is 26.5. The molecule has 0 radical (unpaired) electrons. The summed E-state index contributed by atoms with van der Waals surface area (Å²) >= 11 is 0. The SMILES string of the molecule is CN1CCC[C@H]1[C@@H]1CCCN1C(=O)Cc1cccc(F)c1. The molecule has 1 amide bonds. The van der Waals surface area contributed by atoms with Crippen molar-refractivity contribution in [1.82, 2.24) is 9.80 Å². The fourth-order valence-corrected chi connectivity index (χ4v) is 3.85. The van der Waals surface area contributed by atoms with E-state index in [2.05, 4.69) is 11.9 Å². The van der Waals surface area contributed by atoms with E-state index >= 15 is 0 Å². The Hall–Kier alpha value is -1.42. The van der Waals surface area contributed by atoms with Gasteiger partial charge in [-0.15, -0.1) is 0 Å². The number of halogens is 1. The molecule has 0 unspecified atom stereocenters. The maximum atomic E-state index is 13.2. The van der Waals surface area contributed by atoms with Gasteiger partial charge in [0.15, 0.2) is 0 Å². The summed E-state index contributed by atoms with van der Waals surface area (Å²) in [6.45, 7) is 1.98. The number of hydrogen-bond donors (Lipinski definition) is 0. The molecule has 4 heteroatoms. The summed E-state index contributed by atoms with van der Waals surface area (Å²) in [5, 5.41) is 0. The number of likely N-dealkylation sites (N-methyl/N-ethyl adjacent to an activating group) is 1. The molecule has 1 aromatic carbocycles. The Morgan fingerprint density at radius 2 is 2.00 bits per heavy atom. The predicted molar refractivity (Wildman–Crippen MR) is 80.5 cm³/mol. The van der Waals surface area contributed by atoms with Gasteiger partial charge >= 0.3 is 0 Å². The minimum absolute atomic E-state index is 0.142. The maximum absolute atomic E-state index is 13.2. The Bertz CT molecular complexity index is 519. The molecule has 21 heavy (non-hydrogen) atoms. The van der Waals surface area contributed by atoms with Gasteiger partial charge in [0.2, 0.25) is 5.91 Å². The van der Waals surface area contributed by atoms with E-state index in [0.717, 1.165) is 31.5 Å². The molecule has 2 saturated heterocycles. The first-order valence-electron chi connectivity index (χ1n) is 7.89. The molecule has 2 aliphatic heterocycles. The predicted octanol–water partition coefficient (Wildman–Crippen LogP) is 2.45. The second kappa shape index (κ2) is 6.14. The quantitative estimate of drug-likeness (QED) is 0.854. The van der Waals surface area contributed by atoms with Gasteiger partial charge in [-0.3, -0.25) is 4.79 Å². The number of likely N-dealkylation sites (tertiary alicyclic amines) is 2.